The zero-order chi connectivity index (χ0) is 28.6. The summed E-state index contributed by atoms with van der Waals surface area (Å²) in [6, 6.07) is 20.8. The van der Waals surface area contributed by atoms with Crippen LogP contribution in [0.4, 0.5) is 0 Å². The van der Waals surface area contributed by atoms with E-state index in [4.69, 9.17) is 13.9 Å². The van der Waals surface area contributed by atoms with Gasteiger partial charge in [-0.05, 0) is 87.0 Å². The van der Waals surface area contributed by atoms with E-state index >= 15 is 0 Å². The first-order chi connectivity index (χ1) is 20.0. The Balaban J connectivity index is 1.21. The zero-order valence-electron chi connectivity index (χ0n) is 24.5. The van der Waals surface area contributed by atoms with E-state index in [0.717, 1.165) is 44.3 Å². The van der Waals surface area contributed by atoms with Crippen molar-refractivity contribution >= 4 is 0 Å². The van der Waals surface area contributed by atoms with Crippen molar-refractivity contribution in [3.05, 3.63) is 94.9 Å². The van der Waals surface area contributed by atoms with Crippen molar-refractivity contribution in [1.29, 1.82) is 0 Å². The van der Waals surface area contributed by atoms with Crippen LogP contribution in [0.15, 0.2) is 71.3 Å². The minimum absolute atomic E-state index is 0.0121. The van der Waals surface area contributed by atoms with Crippen LogP contribution in [0, 0.1) is 0 Å². The molecule has 3 aromatic rings. The summed E-state index contributed by atoms with van der Waals surface area (Å²) in [7, 11) is 4.04. The van der Waals surface area contributed by atoms with Gasteiger partial charge in [-0.3, -0.25) is 9.80 Å². The van der Waals surface area contributed by atoms with Gasteiger partial charge < -0.3 is 24.1 Å². The lowest BCUT2D eigenvalue weighted by Crippen LogP contribution is -2.44. The Bertz CT molecular complexity index is 1130. The molecule has 0 spiro atoms. The molecule has 5 atom stereocenters. The number of aryl methyl sites for hydroxylation is 2. The predicted molar refractivity (Wildman–Crippen MR) is 160 cm³/mol. The van der Waals surface area contributed by atoms with Crippen LogP contribution < -0.4 is 0 Å². The summed E-state index contributed by atoms with van der Waals surface area (Å²) in [6.07, 6.45) is 6.61. The van der Waals surface area contributed by atoms with Crippen molar-refractivity contribution in [3.8, 4) is 0 Å². The van der Waals surface area contributed by atoms with Crippen molar-refractivity contribution in [2.24, 2.45) is 0 Å². The Morgan fingerprint density at radius 2 is 1.29 bits per heavy atom. The molecule has 2 aliphatic rings. The average molecular weight is 563 g/mol. The number of benzene rings is 2. The smallest absolute Gasteiger partial charge is 0.122 e. The number of fused-ring (bicyclic) bond motifs is 2. The van der Waals surface area contributed by atoms with Gasteiger partial charge in [0, 0.05) is 19.6 Å². The van der Waals surface area contributed by atoms with Crippen molar-refractivity contribution in [2.75, 3.05) is 46.9 Å². The molecule has 0 radical (unpaired) electrons. The number of hydrogen-bond acceptors (Lipinski definition) is 7. The Labute approximate surface area is 244 Å². The first kappa shape index (κ1) is 30.0. The number of furan rings is 1. The average Bonchev–Trinajstić information content (AvgIpc) is 3.52. The van der Waals surface area contributed by atoms with Crippen LogP contribution >= 0.6 is 0 Å². The second-order valence-electron chi connectivity index (χ2n) is 11.8. The van der Waals surface area contributed by atoms with Gasteiger partial charge in [0.2, 0.25) is 0 Å². The van der Waals surface area contributed by atoms with E-state index in [0.29, 0.717) is 19.6 Å². The number of aliphatic hydroxyl groups is 2. The summed E-state index contributed by atoms with van der Waals surface area (Å²) in [5.41, 5.74) is 5.17. The third-order valence-corrected chi connectivity index (χ3v) is 8.47. The fourth-order valence-electron chi connectivity index (χ4n) is 6.38. The normalized spacial score (nSPS) is 20.9. The number of likely N-dealkylation sites (N-methyl/N-ethyl adjacent to an activating group) is 1. The molecule has 0 amide bonds. The second kappa shape index (κ2) is 14.6. The van der Waals surface area contributed by atoms with Gasteiger partial charge in [-0.2, -0.15) is 0 Å². The molecule has 0 bridgehead atoms. The monoisotopic (exact) mass is 562 g/mol. The van der Waals surface area contributed by atoms with E-state index in [9.17, 15) is 10.2 Å². The molecule has 7 nitrogen and oxygen atoms in total. The van der Waals surface area contributed by atoms with E-state index in [1.165, 1.54) is 22.3 Å². The Hall–Kier alpha value is -2.52. The highest BCUT2D eigenvalue weighted by Gasteiger charge is 2.27. The van der Waals surface area contributed by atoms with Crippen LogP contribution in [-0.2, 0) is 22.3 Å². The second-order valence-corrected chi connectivity index (χ2v) is 11.8. The lowest BCUT2D eigenvalue weighted by molar-refractivity contribution is -0.0495. The third kappa shape index (κ3) is 8.07. The number of rotatable bonds is 14. The quantitative estimate of drug-likeness (QED) is 0.283. The molecule has 2 N–H and O–H groups in total. The number of nitrogens with zero attached hydrogens (tertiary/aromatic N) is 2. The maximum atomic E-state index is 11.1. The summed E-state index contributed by atoms with van der Waals surface area (Å²) in [6.45, 7) is 1.83. The zero-order valence-corrected chi connectivity index (χ0v) is 24.5. The van der Waals surface area contributed by atoms with Gasteiger partial charge in [-0.25, -0.2) is 0 Å². The Morgan fingerprint density at radius 3 is 1.78 bits per heavy atom. The molecule has 5 rings (SSSR count). The standard InChI is InChI=1S/C34H46N2O5/c1-35(2)31(34-18-9-19-39-34)22-36(20-27(37)23-40-32-16-7-12-25-10-3-5-14-29(25)32)21-28(38)24-41-33-17-8-13-26-11-4-6-15-30(26)33/h3-6,9-11,14-15,18-19,27-28,31-33,37-38H,7-8,12-13,16-17,20-24H2,1-2H3/t27-,28-,31+,32+,33+/m0/s1. The summed E-state index contributed by atoms with van der Waals surface area (Å²) < 4.78 is 18.3. The highest BCUT2D eigenvalue weighted by atomic mass is 16.5. The summed E-state index contributed by atoms with van der Waals surface area (Å²) in [4.78, 5) is 4.22. The molecule has 7 heteroatoms. The van der Waals surface area contributed by atoms with Gasteiger partial charge in [0.15, 0.2) is 0 Å². The van der Waals surface area contributed by atoms with Gasteiger partial charge in [0.25, 0.3) is 0 Å². The molecule has 1 aromatic heterocycles. The summed E-state index contributed by atoms with van der Waals surface area (Å²) in [5, 5.41) is 22.2. The topological polar surface area (TPSA) is 78.5 Å². The molecule has 222 valence electrons. The fourth-order valence-corrected chi connectivity index (χ4v) is 6.38. The van der Waals surface area contributed by atoms with Crippen LogP contribution in [0.2, 0.25) is 0 Å². The fraction of sp³-hybridized carbons (Fsp3) is 0.529. The van der Waals surface area contributed by atoms with Crippen LogP contribution in [-0.4, -0.2) is 79.2 Å². The third-order valence-electron chi connectivity index (χ3n) is 8.47. The van der Waals surface area contributed by atoms with Gasteiger partial charge >= 0.3 is 0 Å². The van der Waals surface area contributed by atoms with E-state index in [1.807, 2.05) is 26.2 Å². The predicted octanol–water partition coefficient (Wildman–Crippen LogP) is 5.09. The molecule has 1 heterocycles. The van der Waals surface area contributed by atoms with Crippen molar-refractivity contribution in [1.82, 2.24) is 9.80 Å². The highest BCUT2D eigenvalue weighted by molar-refractivity contribution is 5.32. The molecule has 0 unspecified atom stereocenters. The minimum Gasteiger partial charge on any atom is -0.468 e. The number of ether oxygens (including phenoxy) is 2. The van der Waals surface area contributed by atoms with Crippen LogP contribution in [0.5, 0.6) is 0 Å². The van der Waals surface area contributed by atoms with Crippen LogP contribution in [0.3, 0.4) is 0 Å². The molecule has 2 aromatic carbocycles. The molecule has 0 fully saturated rings. The van der Waals surface area contributed by atoms with Gasteiger partial charge in [0.05, 0.1) is 49.9 Å². The Morgan fingerprint density at radius 1 is 0.756 bits per heavy atom. The first-order valence-corrected chi connectivity index (χ1v) is 15.1. The summed E-state index contributed by atoms with van der Waals surface area (Å²) in [5.74, 6) is 0.856. The lowest BCUT2D eigenvalue weighted by Gasteiger charge is -2.34. The molecule has 0 saturated carbocycles. The van der Waals surface area contributed by atoms with E-state index in [2.05, 4.69) is 58.3 Å². The SMILES string of the molecule is CN(C)[C@H](CN(C[C@H](O)CO[C@@H]1CCCc2ccccc21)C[C@H](O)CO[C@@H]1CCCc2ccccc21)c1ccco1. The van der Waals surface area contributed by atoms with E-state index in [-0.39, 0.29) is 31.5 Å². The van der Waals surface area contributed by atoms with Gasteiger partial charge in [-0.1, -0.05) is 48.5 Å². The van der Waals surface area contributed by atoms with Crippen molar-refractivity contribution in [3.63, 3.8) is 0 Å². The van der Waals surface area contributed by atoms with Crippen LogP contribution in [0.1, 0.15) is 71.9 Å². The maximum absolute atomic E-state index is 11.1. The molecule has 0 saturated heterocycles. The highest BCUT2D eigenvalue weighted by Crippen LogP contribution is 2.33. The first-order valence-electron chi connectivity index (χ1n) is 15.1. The molecule has 2 aliphatic carbocycles. The number of hydrogen-bond donors (Lipinski definition) is 2. The van der Waals surface area contributed by atoms with Gasteiger partial charge in [-0.15, -0.1) is 0 Å². The molecular weight excluding hydrogens is 516 g/mol. The minimum atomic E-state index is -0.693. The lowest BCUT2D eigenvalue weighted by atomic mass is 9.89. The molecule has 41 heavy (non-hydrogen) atoms. The van der Waals surface area contributed by atoms with Crippen LogP contribution in [0.25, 0.3) is 0 Å². The van der Waals surface area contributed by atoms with Crippen molar-refractivity contribution in [2.45, 2.75) is 69.0 Å². The maximum Gasteiger partial charge on any atom is 0.122 e. The number of aliphatic hydroxyl groups excluding tert-OH is 2. The van der Waals surface area contributed by atoms with E-state index in [1.54, 1.807) is 6.26 Å². The van der Waals surface area contributed by atoms with E-state index < -0.39 is 12.2 Å². The van der Waals surface area contributed by atoms with Gasteiger partial charge in [0.1, 0.15) is 5.76 Å². The molecular formula is C34H46N2O5. The van der Waals surface area contributed by atoms with Crippen molar-refractivity contribution < 1.29 is 24.1 Å². The largest absolute Gasteiger partial charge is 0.468 e. The summed E-state index contributed by atoms with van der Waals surface area (Å²) >= 11 is 0. The Kier molecular flexibility index (Phi) is 10.7. The molecule has 0 aliphatic heterocycles.